The van der Waals surface area contributed by atoms with E-state index in [1.807, 2.05) is 13.8 Å². The van der Waals surface area contributed by atoms with Crippen LogP contribution in [0.4, 0.5) is 0 Å². The smallest absolute Gasteiger partial charge is 0.308 e. The summed E-state index contributed by atoms with van der Waals surface area (Å²) >= 11 is 0. The number of rotatable bonds is 8. The van der Waals surface area contributed by atoms with Gasteiger partial charge < -0.3 is 20.1 Å². The zero-order chi connectivity index (χ0) is 15.9. The monoisotopic (exact) mass is 288 g/mol. The first kappa shape index (κ1) is 18.4. The van der Waals surface area contributed by atoms with Gasteiger partial charge >= 0.3 is 5.97 Å². The second-order valence-electron chi connectivity index (χ2n) is 5.18. The van der Waals surface area contributed by atoms with Crippen molar-refractivity contribution in [1.29, 1.82) is 0 Å². The molecule has 7 heteroatoms. The number of carboxylic acids is 1. The molecule has 1 unspecified atom stereocenters. The van der Waals surface area contributed by atoms with Crippen LogP contribution in [0.3, 0.4) is 0 Å². The summed E-state index contributed by atoms with van der Waals surface area (Å²) in [6.45, 7) is 5.12. The van der Waals surface area contributed by atoms with Gasteiger partial charge in [0.05, 0.1) is 5.92 Å². The Bertz CT molecular complexity index is 357. The van der Waals surface area contributed by atoms with Crippen molar-refractivity contribution in [1.82, 2.24) is 10.2 Å². The van der Waals surface area contributed by atoms with Crippen LogP contribution in [0.5, 0.6) is 0 Å². The normalized spacial score (nSPS) is 13.7. The van der Waals surface area contributed by atoms with Gasteiger partial charge in [-0.2, -0.15) is 0 Å². The molecule has 0 radical (unpaired) electrons. The van der Waals surface area contributed by atoms with Crippen LogP contribution in [-0.2, 0) is 19.1 Å². The lowest BCUT2D eigenvalue weighted by atomic mass is 10.0. The first-order valence-electron chi connectivity index (χ1n) is 6.46. The van der Waals surface area contributed by atoms with E-state index in [9.17, 15) is 14.4 Å². The number of carbonyl (C=O) groups is 3. The summed E-state index contributed by atoms with van der Waals surface area (Å²) in [4.78, 5) is 35.9. The van der Waals surface area contributed by atoms with E-state index >= 15 is 0 Å². The van der Waals surface area contributed by atoms with E-state index in [0.717, 1.165) is 0 Å². The molecule has 2 amide bonds. The number of hydrogen-bond acceptors (Lipinski definition) is 4. The number of carbonyl (C=O) groups excluding carboxylic acids is 2. The van der Waals surface area contributed by atoms with Gasteiger partial charge in [0.2, 0.25) is 11.8 Å². The molecule has 0 aliphatic rings. The maximum Gasteiger partial charge on any atom is 0.308 e. The molecule has 0 aromatic rings. The minimum atomic E-state index is -0.964. The number of nitrogens with one attached hydrogen (secondary N) is 1. The quantitative estimate of drug-likeness (QED) is 0.653. The number of methoxy groups -OCH3 is 1. The van der Waals surface area contributed by atoms with E-state index in [-0.39, 0.29) is 30.9 Å². The maximum atomic E-state index is 12.3. The van der Waals surface area contributed by atoms with Crippen LogP contribution in [0.25, 0.3) is 0 Å². The van der Waals surface area contributed by atoms with E-state index in [1.165, 1.54) is 26.0 Å². The van der Waals surface area contributed by atoms with Crippen molar-refractivity contribution < 1.29 is 24.2 Å². The lowest BCUT2D eigenvalue weighted by Gasteiger charge is -2.28. The molecular weight excluding hydrogens is 264 g/mol. The Hall–Kier alpha value is -1.63. The van der Waals surface area contributed by atoms with Gasteiger partial charge in [-0.3, -0.25) is 14.4 Å². The van der Waals surface area contributed by atoms with Crippen molar-refractivity contribution in [3.63, 3.8) is 0 Å². The van der Waals surface area contributed by atoms with Gasteiger partial charge in [-0.1, -0.05) is 20.8 Å². The summed E-state index contributed by atoms with van der Waals surface area (Å²) in [5, 5.41) is 11.4. The van der Waals surface area contributed by atoms with Gasteiger partial charge in [0.15, 0.2) is 0 Å². The zero-order valence-corrected chi connectivity index (χ0v) is 12.7. The van der Waals surface area contributed by atoms with Crippen molar-refractivity contribution in [3.05, 3.63) is 0 Å². The van der Waals surface area contributed by atoms with E-state index in [0.29, 0.717) is 0 Å². The molecule has 0 aromatic heterocycles. The van der Waals surface area contributed by atoms with E-state index in [4.69, 9.17) is 9.84 Å². The van der Waals surface area contributed by atoms with Crippen LogP contribution in [0.1, 0.15) is 20.8 Å². The average molecular weight is 288 g/mol. The Morgan fingerprint density at radius 2 is 1.80 bits per heavy atom. The first-order chi connectivity index (χ1) is 9.20. The Kier molecular flexibility index (Phi) is 7.83. The van der Waals surface area contributed by atoms with Gasteiger partial charge in [-0.05, 0) is 5.92 Å². The number of hydrogen-bond donors (Lipinski definition) is 2. The number of ether oxygens (including phenoxy) is 1. The van der Waals surface area contributed by atoms with Crippen molar-refractivity contribution in [2.24, 2.45) is 11.8 Å². The van der Waals surface area contributed by atoms with Gasteiger partial charge in [-0.25, -0.2) is 0 Å². The number of nitrogens with zero attached hydrogens (tertiary/aromatic N) is 1. The second kappa shape index (κ2) is 8.52. The Morgan fingerprint density at radius 3 is 2.20 bits per heavy atom. The molecule has 0 aromatic carbocycles. The van der Waals surface area contributed by atoms with Crippen LogP contribution in [0.2, 0.25) is 0 Å². The molecule has 0 saturated carbocycles. The summed E-state index contributed by atoms with van der Waals surface area (Å²) in [6, 6.07) is -0.691. The summed E-state index contributed by atoms with van der Waals surface area (Å²) < 4.78 is 4.71. The Morgan fingerprint density at radius 1 is 1.25 bits per heavy atom. The molecule has 0 heterocycles. The lowest BCUT2D eigenvalue weighted by Crippen LogP contribution is -2.52. The minimum Gasteiger partial charge on any atom is -0.481 e. The molecule has 0 rings (SSSR count). The largest absolute Gasteiger partial charge is 0.481 e. The molecule has 7 nitrogen and oxygen atoms in total. The minimum absolute atomic E-state index is 0.0948. The SMILES string of the molecule is COCC(=O)N[C@H](C(=O)N(C)CC(C)C(=O)O)C(C)C. The number of amides is 2. The van der Waals surface area contributed by atoms with Crippen LogP contribution in [0.15, 0.2) is 0 Å². The van der Waals surface area contributed by atoms with Gasteiger partial charge in [0.1, 0.15) is 12.6 Å². The van der Waals surface area contributed by atoms with Crippen LogP contribution < -0.4 is 5.32 Å². The molecule has 2 atom stereocenters. The molecule has 0 fully saturated rings. The Balaban J connectivity index is 4.71. The predicted octanol–water partition coefficient (Wildman–Crippen LogP) is -0.0473. The summed E-state index contributed by atoms with van der Waals surface area (Å²) in [5.41, 5.74) is 0. The number of aliphatic carboxylic acids is 1. The second-order valence-corrected chi connectivity index (χ2v) is 5.18. The fourth-order valence-corrected chi connectivity index (χ4v) is 1.68. The lowest BCUT2D eigenvalue weighted by molar-refractivity contribution is -0.144. The fourth-order valence-electron chi connectivity index (χ4n) is 1.68. The topological polar surface area (TPSA) is 95.9 Å². The third kappa shape index (κ3) is 6.01. The summed E-state index contributed by atoms with van der Waals surface area (Å²) in [7, 11) is 2.92. The van der Waals surface area contributed by atoms with Crippen LogP contribution in [-0.4, -0.2) is 61.1 Å². The highest BCUT2D eigenvalue weighted by Gasteiger charge is 2.28. The number of likely N-dealkylation sites (N-methyl/N-ethyl adjacent to an activating group) is 1. The molecule has 0 aliphatic carbocycles. The van der Waals surface area contributed by atoms with Gasteiger partial charge in [0.25, 0.3) is 0 Å². The van der Waals surface area contributed by atoms with Crippen molar-refractivity contribution >= 4 is 17.8 Å². The van der Waals surface area contributed by atoms with Gasteiger partial charge in [-0.15, -0.1) is 0 Å². The third-order valence-corrected chi connectivity index (χ3v) is 2.87. The van der Waals surface area contributed by atoms with Crippen LogP contribution in [0, 0.1) is 11.8 Å². The van der Waals surface area contributed by atoms with E-state index < -0.39 is 17.9 Å². The predicted molar refractivity (Wildman–Crippen MR) is 73.1 cm³/mol. The molecular formula is C13H24N2O5. The third-order valence-electron chi connectivity index (χ3n) is 2.87. The van der Waals surface area contributed by atoms with Crippen LogP contribution >= 0.6 is 0 Å². The standard InChI is InChI=1S/C13H24N2O5/c1-8(2)11(14-10(16)7-20-5)12(17)15(4)6-9(3)13(18)19/h8-9,11H,6-7H2,1-5H3,(H,14,16)(H,18,19)/t9?,11-/m0/s1. The molecule has 0 bridgehead atoms. The van der Waals surface area contributed by atoms with Crippen molar-refractivity contribution in [2.75, 3.05) is 27.3 Å². The van der Waals surface area contributed by atoms with E-state index in [2.05, 4.69) is 5.32 Å². The van der Waals surface area contributed by atoms with Crippen molar-refractivity contribution in [3.8, 4) is 0 Å². The van der Waals surface area contributed by atoms with E-state index in [1.54, 1.807) is 0 Å². The summed E-state index contributed by atoms with van der Waals surface area (Å²) in [6.07, 6.45) is 0. The maximum absolute atomic E-state index is 12.3. The summed E-state index contributed by atoms with van der Waals surface area (Å²) in [5.74, 6) is -2.41. The highest BCUT2D eigenvalue weighted by molar-refractivity contribution is 5.88. The molecule has 0 aliphatic heterocycles. The zero-order valence-electron chi connectivity index (χ0n) is 12.7. The highest BCUT2D eigenvalue weighted by Crippen LogP contribution is 2.07. The Labute approximate surface area is 119 Å². The highest BCUT2D eigenvalue weighted by atomic mass is 16.5. The molecule has 2 N–H and O–H groups in total. The molecule has 0 saturated heterocycles. The van der Waals surface area contributed by atoms with Gasteiger partial charge in [0, 0.05) is 20.7 Å². The average Bonchev–Trinajstić information content (AvgIpc) is 2.34. The molecule has 20 heavy (non-hydrogen) atoms. The molecule has 0 spiro atoms. The number of carboxylic acid groups (broad SMARTS) is 1. The first-order valence-corrected chi connectivity index (χ1v) is 6.46. The van der Waals surface area contributed by atoms with Crippen molar-refractivity contribution in [2.45, 2.75) is 26.8 Å². The molecule has 116 valence electrons. The fraction of sp³-hybridized carbons (Fsp3) is 0.769.